The van der Waals surface area contributed by atoms with E-state index >= 15 is 0 Å². The summed E-state index contributed by atoms with van der Waals surface area (Å²) in [6.07, 6.45) is 2.01. The van der Waals surface area contributed by atoms with Crippen LogP contribution in [-0.4, -0.2) is 32.4 Å². The Kier molecular flexibility index (Phi) is 2.74. The first-order valence-corrected chi connectivity index (χ1v) is 6.10. The molecular formula is C13H11N3O4. The Bertz CT molecular complexity index is 734. The van der Waals surface area contributed by atoms with Gasteiger partial charge in [0, 0.05) is 6.42 Å². The molecule has 1 aliphatic heterocycles. The monoisotopic (exact) mass is 273 g/mol. The Morgan fingerprint density at radius 2 is 2.20 bits per heavy atom. The summed E-state index contributed by atoms with van der Waals surface area (Å²) in [5, 5.41) is 11.5. The number of piperidine rings is 1. The van der Waals surface area contributed by atoms with E-state index in [1.807, 2.05) is 0 Å². The minimum Gasteiger partial charge on any atom is -0.478 e. The quantitative estimate of drug-likeness (QED) is 0.785. The van der Waals surface area contributed by atoms with Gasteiger partial charge in [0.15, 0.2) is 0 Å². The third kappa shape index (κ3) is 1.83. The third-order valence-corrected chi connectivity index (χ3v) is 3.37. The lowest BCUT2D eigenvalue weighted by molar-refractivity contribution is -0.135. The second kappa shape index (κ2) is 4.44. The van der Waals surface area contributed by atoms with E-state index in [0.29, 0.717) is 17.5 Å². The van der Waals surface area contributed by atoms with E-state index < -0.39 is 17.9 Å². The molecule has 1 unspecified atom stereocenters. The molecule has 0 saturated carbocycles. The highest BCUT2D eigenvalue weighted by molar-refractivity contribution is 6.03. The average molecular weight is 273 g/mol. The molecule has 102 valence electrons. The summed E-state index contributed by atoms with van der Waals surface area (Å²) >= 11 is 0. The number of para-hydroxylation sites is 1. The Labute approximate surface area is 113 Å². The molecule has 0 radical (unpaired) electrons. The number of carbonyl (C=O) groups excluding carboxylic acids is 2. The molecule has 1 atom stereocenters. The van der Waals surface area contributed by atoms with Gasteiger partial charge in [-0.25, -0.2) is 9.78 Å². The number of hydrogen-bond donors (Lipinski definition) is 2. The van der Waals surface area contributed by atoms with Crippen molar-refractivity contribution in [1.29, 1.82) is 0 Å². The molecule has 0 bridgehead atoms. The minimum atomic E-state index is -1.08. The Morgan fingerprint density at radius 1 is 1.40 bits per heavy atom. The minimum absolute atomic E-state index is 0.0877. The average Bonchev–Trinajstić information content (AvgIpc) is 2.82. The Balaban J connectivity index is 2.15. The lowest BCUT2D eigenvalue weighted by Gasteiger charge is -2.22. The predicted molar refractivity (Wildman–Crippen MR) is 68.1 cm³/mol. The first kappa shape index (κ1) is 12.3. The van der Waals surface area contributed by atoms with Crippen molar-refractivity contribution < 1.29 is 19.5 Å². The summed E-state index contributed by atoms with van der Waals surface area (Å²) < 4.78 is 1.53. The van der Waals surface area contributed by atoms with Gasteiger partial charge in [-0.15, -0.1) is 0 Å². The van der Waals surface area contributed by atoms with Gasteiger partial charge in [0.05, 0.1) is 22.9 Å². The highest BCUT2D eigenvalue weighted by Crippen LogP contribution is 2.26. The molecule has 0 spiro atoms. The van der Waals surface area contributed by atoms with Crippen molar-refractivity contribution in [1.82, 2.24) is 14.9 Å². The van der Waals surface area contributed by atoms with Crippen molar-refractivity contribution >= 4 is 28.8 Å². The molecule has 7 heteroatoms. The van der Waals surface area contributed by atoms with Crippen molar-refractivity contribution in [3.8, 4) is 0 Å². The number of imide groups is 1. The lowest BCUT2D eigenvalue weighted by atomic mass is 10.1. The van der Waals surface area contributed by atoms with Crippen LogP contribution in [0.5, 0.6) is 0 Å². The zero-order valence-corrected chi connectivity index (χ0v) is 10.4. The van der Waals surface area contributed by atoms with Crippen molar-refractivity contribution in [3.05, 3.63) is 30.1 Å². The zero-order valence-electron chi connectivity index (χ0n) is 10.4. The Hall–Kier alpha value is -2.70. The topological polar surface area (TPSA) is 101 Å². The van der Waals surface area contributed by atoms with Crippen molar-refractivity contribution in [2.24, 2.45) is 0 Å². The van der Waals surface area contributed by atoms with Gasteiger partial charge in [0.1, 0.15) is 6.04 Å². The number of amides is 2. The van der Waals surface area contributed by atoms with E-state index in [0.717, 1.165) is 0 Å². The fourth-order valence-corrected chi connectivity index (χ4v) is 2.45. The summed E-state index contributed by atoms with van der Waals surface area (Å²) in [7, 11) is 0. The van der Waals surface area contributed by atoms with Crippen LogP contribution in [0.4, 0.5) is 0 Å². The number of fused-ring (bicyclic) bond motifs is 1. The number of aromatic nitrogens is 2. The van der Waals surface area contributed by atoms with E-state index in [1.165, 1.54) is 17.0 Å². The number of aromatic carboxylic acids is 1. The van der Waals surface area contributed by atoms with Crippen molar-refractivity contribution in [2.75, 3.05) is 0 Å². The van der Waals surface area contributed by atoms with E-state index in [2.05, 4.69) is 10.3 Å². The molecule has 1 aromatic heterocycles. The fourth-order valence-electron chi connectivity index (χ4n) is 2.45. The second-order valence-electron chi connectivity index (χ2n) is 4.60. The van der Waals surface area contributed by atoms with Crippen LogP contribution in [-0.2, 0) is 9.59 Å². The van der Waals surface area contributed by atoms with Gasteiger partial charge in [0.25, 0.3) is 0 Å². The molecular weight excluding hydrogens is 262 g/mol. The number of carboxylic acids is 1. The highest BCUT2D eigenvalue weighted by Gasteiger charge is 2.30. The van der Waals surface area contributed by atoms with Crippen LogP contribution in [0.1, 0.15) is 29.2 Å². The zero-order chi connectivity index (χ0) is 14.3. The van der Waals surface area contributed by atoms with Gasteiger partial charge in [-0.2, -0.15) is 0 Å². The SMILES string of the molecule is O=C1CCC(n2cnc3cccc(C(=O)O)c32)C(=O)N1. The molecule has 1 fully saturated rings. The van der Waals surface area contributed by atoms with Crippen LogP contribution in [0.25, 0.3) is 11.0 Å². The van der Waals surface area contributed by atoms with E-state index in [9.17, 15) is 19.5 Å². The molecule has 2 amide bonds. The molecule has 2 N–H and O–H groups in total. The molecule has 2 aromatic rings. The number of hydrogen-bond acceptors (Lipinski definition) is 4. The van der Waals surface area contributed by atoms with Gasteiger partial charge in [-0.1, -0.05) is 6.07 Å². The van der Waals surface area contributed by atoms with E-state index in [4.69, 9.17) is 0 Å². The van der Waals surface area contributed by atoms with Crippen LogP contribution in [0.15, 0.2) is 24.5 Å². The molecule has 2 heterocycles. The predicted octanol–water partition coefficient (Wildman–Crippen LogP) is 0.712. The Morgan fingerprint density at radius 3 is 2.90 bits per heavy atom. The molecule has 1 aromatic carbocycles. The normalized spacial score (nSPS) is 19.1. The van der Waals surface area contributed by atoms with Crippen LogP contribution < -0.4 is 5.32 Å². The fraction of sp³-hybridized carbons (Fsp3) is 0.231. The summed E-state index contributed by atoms with van der Waals surface area (Å²) in [6.45, 7) is 0. The first-order chi connectivity index (χ1) is 9.58. The van der Waals surface area contributed by atoms with Crippen molar-refractivity contribution in [3.63, 3.8) is 0 Å². The maximum absolute atomic E-state index is 11.9. The van der Waals surface area contributed by atoms with Gasteiger partial charge in [-0.05, 0) is 18.6 Å². The third-order valence-electron chi connectivity index (χ3n) is 3.37. The second-order valence-corrected chi connectivity index (χ2v) is 4.60. The highest BCUT2D eigenvalue weighted by atomic mass is 16.4. The van der Waals surface area contributed by atoms with Gasteiger partial charge >= 0.3 is 5.97 Å². The smallest absolute Gasteiger partial charge is 0.337 e. The van der Waals surface area contributed by atoms with Gasteiger partial charge < -0.3 is 9.67 Å². The molecule has 1 aliphatic rings. The van der Waals surface area contributed by atoms with Crippen LogP contribution in [0.3, 0.4) is 0 Å². The van der Waals surface area contributed by atoms with E-state index in [-0.39, 0.29) is 17.9 Å². The number of nitrogens with zero attached hydrogens (tertiary/aromatic N) is 2. The maximum Gasteiger partial charge on any atom is 0.337 e. The number of benzene rings is 1. The summed E-state index contributed by atoms with van der Waals surface area (Å²) in [5.41, 5.74) is 0.994. The lowest BCUT2D eigenvalue weighted by Crippen LogP contribution is -2.41. The molecule has 1 saturated heterocycles. The first-order valence-electron chi connectivity index (χ1n) is 6.10. The van der Waals surface area contributed by atoms with Gasteiger partial charge in [-0.3, -0.25) is 14.9 Å². The number of imidazole rings is 1. The number of carboxylic acid groups (broad SMARTS) is 1. The van der Waals surface area contributed by atoms with Crippen LogP contribution >= 0.6 is 0 Å². The largest absolute Gasteiger partial charge is 0.478 e. The van der Waals surface area contributed by atoms with E-state index in [1.54, 1.807) is 12.1 Å². The van der Waals surface area contributed by atoms with Gasteiger partial charge in [0.2, 0.25) is 11.8 Å². The number of rotatable bonds is 2. The molecule has 20 heavy (non-hydrogen) atoms. The molecule has 3 rings (SSSR count). The molecule has 7 nitrogen and oxygen atoms in total. The summed E-state index contributed by atoms with van der Waals surface area (Å²) in [4.78, 5) is 38.5. The number of carbonyl (C=O) groups is 3. The summed E-state index contributed by atoms with van der Waals surface area (Å²) in [5.74, 6) is -1.82. The standard InChI is InChI=1S/C13H11N3O4/c17-10-5-4-9(12(18)15-10)16-6-14-8-3-1-2-7(11(8)16)13(19)20/h1-3,6,9H,4-5H2,(H,19,20)(H,15,17,18). The summed E-state index contributed by atoms with van der Waals surface area (Å²) in [6, 6.07) is 4.14. The number of nitrogens with one attached hydrogen (secondary N) is 1. The van der Waals surface area contributed by atoms with Crippen LogP contribution in [0.2, 0.25) is 0 Å². The molecule has 0 aliphatic carbocycles. The van der Waals surface area contributed by atoms with Crippen molar-refractivity contribution in [2.45, 2.75) is 18.9 Å². The van der Waals surface area contributed by atoms with Crippen LogP contribution in [0, 0.1) is 0 Å². The maximum atomic E-state index is 11.9.